The molecule has 1 fully saturated rings. The minimum Gasteiger partial charge on any atom is -0.287 e. The van der Waals surface area contributed by atoms with Crippen molar-refractivity contribution in [3.05, 3.63) is 30.1 Å². The van der Waals surface area contributed by atoms with E-state index in [4.69, 9.17) is 0 Å². The summed E-state index contributed by atoms with van der Waals surface area (Å²) in [7, 11) is 0. The molecule has 4 nitrogen and oxygen atoms in total. The summed E-state index contributed by atoms with van der Waals surface area (Å²) in [5, 5.41) is 0. The Hall–Kier alpha value is -1.42. The molecule has 0 radical (unpaired) electrons. The lowest BCUT2D eigenvalue weighted by Gasteiger charge is -2.22. The maximum Gasteiger partial charge on any atom is 0.265 e. The predicted molar refractivity (Wildman–Crippen MR) is 61.7 cm³/mol. The highest BCUT2D eigenvalue weighted by molar-refractivity contribution is 5.93. The molecule has 1 aromatic heterocycles. The molecule has 0 spiro atoms. The van der Waals surface area contributed by atoms with Crippen molar-refractivity contribution in [2.75, 3.05) is 0 Å². The van der Waals surface area contributed by atoms with Crippen molar-refractivity contribution in [1.29, 1.82) is 0 Å². The van der Waals surface area contributed by atoms with E-state index < -0.39 is 0 Å². The molecule has 1 aliphatic carbocycles. The number of hydrogen-bond donors (Lipinski definition) is 2. The highest BCUT2D eigenvalue weighted by Crippen LogP contribution is 2.16. The van der Waals surface area contributed by atoms with E-state index in [1.165, 1.54) is 19.3 Å². The number of hydrogen-bond acceptors (Lipinski definition) is 3. The number of nitrogens with one attached hydrogen (secondary N) is 2. The van der Waals surface area contributed by atoms with Crippen LogP contribution in [0.1, 0.15) is 42.5 Å². The molecule has 1 saturated carbocycles. The Balaban J connectivity index is 1.79. The van der Waals surface area contributed by atoms with Crippen LogP contribution in [0.2, 0.25) is 0 Å². The smallest absolute Gasteiger partial charge is 0.265 e. The highest BCUT2D eigenvalue weighted by atomic mass is 16.2. The third-order valence-electron chi connectivity index (χ3n) is 2.94. The summed E-state index contributed by atoms with van der Waals surface area (Å²) in [5.74, 6) is -0.0898. The molecule has 4 heteroatoms. The Morgan fingerprint density at radius 1 is 1.19 bits per heavy atom. The summed E-state index contributed by atoms with van der Waals surface area (Å²) in [6, 6.07) is 3.84. The van der Waals surface area contributed by atoms with Crippen LogP contribution in [-0.2, 0) is 0 Å². The third kappa shape index (κ3) is 3.03. The molecule has 1 aromatic rings. The van der Waals surface area contributed by atoms with Crippen molar-refractivity contribution in [2.24, 2.45) is 0 Å². The largest absolute Gasteiger partial charge is 0.287 e. The molecule has 16 heavy (non-hydrogen) atoms. The van der Waals surface area contributed by atoms with Crippen LogP contribution in [0.25, 0.3) is 0 Å². The maximum atomic E-state index is 11.7. The lowest BCUT2D eigenvalue weighted by Crippen LogP contribution is -2.45. The van der Waals surface area contributed by atoms with E-state index in [9.17, 15) is 4.79 Å². The zero-order valence-electron chi connectivity index (χ0n) is 9.28. The quantitative estimate of drug-likeness (QED) is 0.760. The zero-order chi connectivity index (χ0) is 11.2. The lowest BCUT2D eigenvalue weighted by atomic mass is 9.96. The summed E-state index contributed by atoms with van der Waals surface area (Å²) < 4.78 is 0. The van der Waals surface area contributed by atoms with Gasteiger partial charge in [0.2, 0.25) is 0 Å². The molecular weight excluding hydrogens is 202 g/mol. The van der Waals surface area contributed by atoms with Crippen LogP contribution in [-0.4, -0.2) is 16.9 Å². The number of rotatable bonds is 3. The van der Waals surface area contributed by atoms with Gasteiger partial charge in [-0.15, -0.1) is 0 Å². The SMILES string of the molecule is O=C(NNC1CCCCC1)c1ccncc1. The fourth-order valence-corrected chi connectivity index (χ4v) is 1.99. The average Bonchev–Trinajstić information content (AvgIpc) is 2.38. The zero-order valence-corrected chi connectivity index (χ0v) is 9.28. The van der Waals surface area contributed by atoms with Crippen LogP contribution in [0.5, 0.6) is 0 Å². The number of hydrazine groups is 1. The van der Waals surface area contributed by atoms with Crippen molar-refractivity contribution < 1.29 is 4.79 Å². The van der Waals surface area contributed by atoms with Crippen LogP contribution < -0.4 is 10.9 Å². The molecule has 2 N–H and O–H groups in total. The Morgan fingerprint density at radius 2 is 1.88 bits per heavy atom. The van der Waals surface area contributed by atoms with Crippen molar-refractivity contribution in [1.82, 2.24) is 15.8 Å². The van der Waals surface area contributed by atoms with Gasteiger partial charge in [0.25, 0.3) is 5.91 Å². The van der Waals surface area contributed by atoms with E-state index in [2.05, 4.69) is 15.8 Å². The van der Waals surface area contributed by atoms with Crippen molar-refractivity contribution in [2.45, 2.75) is 38.1 Å². The first-order chi connectivity index (χ1) is 7.86. The molecular formula is C12H17N3O. The van der Waals surface area contributed by atoms with Gasteiger partial charge in [-0.25, -0.2) is 5.43 Å². The fraction of sp³-hybridized carbons (Fsp3) is 0.500. The van der Waals surface area contributed by atoms with Gasteiger partial charge in [0.15, 0.2) is 0 Å². The van der Waals surface area contributed by atoms with Gasteiger partial charge in [-0.3, -0.25) is 15.2 Å². The van der Waals surface area contributed by atoms with Gasteiger partial charge in [-0.1, -0.05) is 19.3 Å². The number of aromatic nitrogens is 1. The van der Waals surface area contributed by atoms with Crippen LogP contribution in [0.15, 0.2) is 24.5 Å². The van der Waals surface area contributed by atoms with Gasteiger partial charge in [0, 0.05) is 24.0 Å². The minimum absolute atomic E-state index is 0.0898. The molecule has 2 rings (SSSR count). The maximum absolute atomic E-state index is 11.7. The molecule has 0 atom stereocenters. The first-order valence-electron chi connectivity index (χ1n) is 5.82. The lowest BCUT2D eigenvalue weighted by molar-refractivity contribution is 0.0920. The molecule has 0 unspecified atom stereocenters. The molecule has 1 aliphatic rings. The Labute approximate surface area is 95.4 Å². The topological polar surface area (TPSA) is 54.0 Å². The van der Waals surface area contributed by atoms with Crippen molar-refractivity contribution in [3.63, 3.8) is 0 Å². The standard InChI is InChI=1S/C12H17N3O/c16-12(10-6-8-13-9-7-10)15-14-11-4-2-1-3-5-11/h6-9,11,14H,1-5H2,(H,15,16). The van der Waals surface area contributed by atoms with E-state index in [1.807, 2.05) is 0 Å². The van der Waals surface area contributed by atoms with Gasteiger partial charge in [0.1, 0.15) is 0 Å². The van der Waals surface area contributed by atoms with Crippen LogP contribution in [0.3, 0.4) is 0 Å². The summed E-state index contributed by atoms with van der Waals surface area (Å²) in [6.07, 6.45) is 9.36. The molecule has 0 aliphatic heterocycles. The second kappa shape index (κ2) is 5.61. The minimum atomic E-state index is -0.0898. The summed E-state index contributed by atoms with van der Waals surface area (Å²) >= 11 is 0. The van der Waals surface area contributed by atoms with Crippen LogP contribution in [0.4, 0.5) is 0 Å². The summed E-state index contributed by atoms with van der Waals surface area (Å²) in [5.41, 5.74) is 6.49. The normalized spacial score (nSPS) is 17.0. The highest BCUT2D eigenvalue weighted by Gasteiger charge is 2.13. The monoisotopic (exact) mass is 219 g/mol. The molecule has 0 saturated heterocycles. The molecule has 0 aromatic carbocycles. The third-order valence-corrected chi connectivity index (χ3v) is 2.94. The summed E-state index contributed by atoms with van der Waals surface area (Å²) in [6.45, 7) is 0. The molecule has 1 amide bonds. The Morgan fingerprint density at radius 3 is 2.56 bits per heavy atom. The first kappa shape index (κ1) is 11.1. The summed E-state index contributed by atoms with van der Waals surface area (Å²) in [4.78, 5) is 15.6. The molecule has 0 bridgehead atoms. The van der Waals surface area contributed by atoms with Crippen LogP contribution in [0, 0.1) is 0 Å². The Bertz CT molecular complexity index is 333. The van der Waals surface area contributed by atoms with Gasteiger partial charge >= 0.3 is 0 Å². The number of amides is 1. The van der Waals surface area contributed by atoms with Crippen LogP contribution >= 0.6 is 0 Å². The number of carbonyl (C=O) groups excluding carboxylic acids is 1. The van der Waals surface area contributed by atoms with E-state index >= 15 is 0 Å². The van der Waals surface area contributed by atoms with E-state index in [0.29, 0.717) is 11.6 Å². The van der Waals surface area contributed by atoms with Gasteiger partial charge in [-0.2, -0.15) is 0 Å². The fourth-order valence-electron chi connectivity index (χ4n) is 1.99. The second-order valence-electron chi connectivity index (χ2n) is 4.17. The van der Waals surface area contributed by atoms with Gasteiger partial charge < -0.3 is 0 Å². The van der Waals surface area contributed by atoms with E-state index in [-0.39, 0.29) is 5.91 Å². The number of nitrogens with zero attached hydrogens (tertiary/aromatic N) is 1. The first-order valence-corrected chi connectivity index (χ1v) is 5.82. The number of carbonyl (C=O) groups is 1. The van der Waals surface area contributed by atoms with Gasteiger partial charge in [-0.05, 0) is 25.0 Å². The molecule has 86 valence electrons. The second-order valence-corrected chi connectivity index (χ2v) is 4.17. The van der Waals surface area contributed by atoms with E-state index in [0.717, 1.165) is 12.8 Å². The van der Waals surface area contributed by atoms with Gasteiger partial charge in [0.05, 0.1) is 0 Å². The number of pyridine rings is 1. The van der Waals surface area contributed by atoms with Crippen molar-refractivity contribution in [3.8, 4) is 0 Å². The Kier molecular flexibility index (Phi) is 3.88. The predicted octanol–water partition coefficient (Wildman–Crippen LogP) is 1.65. The van der Waals surface area contributed by atoms with E-state index in [1.54, 1.807) is 24.5 Å². The average molecular weight is 219 g/mol. The van der Waals surface area contributed by atoms with Crippen molar-refractivity contribution >= 4 is 5.91 Å². The molecule has 1 heterocycles.